The van der Waals surface area contributed by atoms with Gasteiger partial charge in [-0.15, -0.1) is 0 Å². The van der Waals surface area contributed by atoms with Gasteiger partial charge in [0.25, 0.3) is 5.91 Å². The predicted octanol–water partition coefficient (Wildman–Crippen LogP) is 3.70. The summed E-state index contributed by atoms with van der Waals surface area (Å²) in [6.45, 7) is 5.66. The number of alkyl carbamates (subject to hydrolysis) is 1. The zero-order valence-electron chi connectivity index (χ0n) is 17.9. The molecule has 2 aromatic carbocycles. The molecule has 162 valence electrons. The van der Waals surface area contributed by atoms with Crippen molar-refractivity contribution in [2.75, 3.05) is 6.61 Å². The highest BCUT2D eigenvalue weighted by atomic mass is 16.6. The molecule has 1 aliphatic heterocycles. The first-order chi connectivity index (χ1) is 14.8. The second-order valence-corrected chi connectivity index (χ2v) is 8.17. The van der Waals surface area contributed by atoms with Gasteiger partial charge < -0.3 is 14.8 Å². The number of nitrogens with zero attached hydrogens (tertiary/aromatic N) is 1. The van der Waals surface area contributed by atoms with Gasteiger partial charge in [0.15, 0.2) is 0 Å². The summed E-state index contributed by atoms with van der Waals surface area (Å²) < 4.78 is 11.0. The molecule has 3 rings (SSSR count). The summed E-state index contributed by atoms with van der Waals surface area (Å²) >= 11 is 0. The highest BCUT2D eigenvalue weighted by Gasteiger charge is 2.24. The number of benzene rings is 2. The van der Waals surface area contributed by atoms with Gasteiger partial charge in [0, 0.05) is 17.6 Å². The maximum absolute atomic E-state index is 12.7. The zero-order chi connectivity index (χ0) is 22.3. The third-order valence-electron chi connectivity index (χ3n) is 4.35. The van der Waals surface area contributed by atoms with Crippen LogP contribution in [0.1, 0.15) is 31.9 Å². The van der Waals surface area contributed by atoms with Crippen LogP contribution in [0.3, 0.4) is 0 Å². The Kier molecular flexibility index (Phi) is 7.07. The third kappa shape index (κ3) is 6.99. The number of carbonyl (C=O) groups excluding carboxylic acids is 2. The summed E-state index contributed by atoms with van der Waals surface area (Å²) in [6, 6.07) is 16.3. The molecule has 7 nitrogen and oxygen atoms in total. The Balaban J connectivity index is 1.65. The lowest BCUT2D eigenvalue weighted by atomic mass is 10.1. The summed E-state index contributed by atoms with van der Waals surface area (Å²) in [5.41, 5.74) is 4.52. The molecule has 7 heteroatoms. The number of ether oxygens (including phenoxy) is 2. The molecule has 1 aliphatic rings. The number of hydrogen-bond donors (Lipinski definition) is 2. The Bertz CT molecular complexity index is 978. The average molecular weight is 421 g/mol. The molecule has 1 atom stereocenters. The second-order valence-electron chi connectivity index (χ2n) is 8.17. The van der Waals surface area contributed by atoms with Crippen LogP contribution in [-0.4, -0.2) is 36.5 Å². The monoisotopic (exact) mass is 421 g/mol. The molecule has 0 saturated heterocycles. The molecule has 0 bridgehead atoms. The smallest absolute Gasteiger partial charge is 0.408 e. The molecule has 0 aliphatic carbocycles. The highest BCUT2D eigenvalue weighted by Crippen LogP contribution is 2.24. The second kappa shape index (κ2) is 9.93. The van der Waals surface area contributed by atoms with E-state index in [4.69, 9.17) is 9.47 Å². The summed E-state index contributed by atoms with van der Waals surface area (Å²) in [7, 11) is 0. The van der Waals surface area contributed by atoms with Crippen molar-refractivity contribution in [3.05, 3.63) is 71.3 Å². The predicted molar refractivity (Wildman–Crippen MR) is 120 cm³/mol. The van der Waals surface area contributed by atoms with Gasteiger partial charge in [-0.05, 0) is 38.5 Å². The van der Waals surface area contributed by atoms with Gasteiger partial charge in [0.05, 0.1) is 6.21 Å². The van der Waals surface area contributed by atoms with Crippen LogP contribution in [0.4, 0.5) is 4.79 Å². The van der Waals surface area contributed by atoms with Crippen LogP contribution in [0.25, 0.3) is 6.08 Å². The molecule has 0 fully saturated rings. The van der Waals surface area contributed by atoms with Crippen LogP contribution in [0.5, 0.6) is 5.75 Å². The van der Waals surface area contributed by atoms with Crippen molar-refractivity contribution < 1.29 is 19.1 Å². The molecule has 31 heavy (non-hydrogen) atoms. The number of nitrogens with one attached hydrogen (secondary N) is 2. The fraction of sp³-hybridized carbons (Fsp3) is 0.292. The standard InChI is InChI=1S/C24H27N3O4/c1-24(2,3)31-23(29)26-20(14-17-9-5-4-6-10-17)22(28)27-25-15-18-13-19-11-7-8-12-21(19)30-16-18/h4-13,15,20H,14,16H2,1-3H3,(H,26,29)(H,27,28)/t20-/m0/s1. The number of fused-ring (bicyclic) bond motifs is 1. The molecule has 2 aromatic rings. The maximum atomic E-state index is 12.7. The molecule has 1 heterocycles. The van der Waals surface area contributed by atoms with Crippen LogP contribution in [0.15, 0.2) is 65.3 Å². The van der Waals surface area contributed by atoms with Gasteiger partial charge in [-0.3, -0.25) is 4.79 Å². The molecule has 2 N–H and O–H groups in total. The lowest BCUT2D eigenvalue weighted by Gasteiger charge is -2.23. The first-order valence-corrected chi connectivity index (χ1v) is 10.1. The number of para-hydroxylation sites is 1. The summed E-state index contributed by atoms with van der Waals surface area (Å²) in [6.07, 6.45) is 3.14. The van der Waals surface area contributed by atoms with Gasteiger partial charge >= 0.3 is 6.09 Å². The van der Waals surface area contributed by atoms with E-state index in [1.807, 2.05) is 60.7 Å². The molecular formula is C24H27N3O4. The quantitative estimate of drug-likeness (QED) is 0.550. The van der Waals surface area contributed by atoms with Crippen molar-refractivity contribution in [1.29, 1.82) is 0 Å². The van der Waals surface area contributed by atoms with Crippen LogP contribution < -0.4 is 15.5 Å². The van der Waals surface area contributed by atoms with E-state index < -0.39 is 23.6 Å². The van der Waals surface area contributed by atoms with Crippen molar-refractivity contribution in [2.24, 2.45) is 5.10 Å². The molecule has 0 aromatic heterocycles. The topological polar surface area (TPSA) is 89.0 Å². The van der Waals surface area contributed by atoms with E-state index in [1.165, 1.54) is 0 Å². The maximum Gasteiger partial charge on any atom is 0.408 e. The summed E-state index contributed by atoms with van der Waals surface area (Å²) in [4.78, 5) is 25.0. The normalized spacial score (nSPS) is 14.1. The van der Waals surface area contributed by atoms with E-state index in [9.17, 15) is 9.59 Å². The van der Waals surface area contributed by atoms with Crippen LogP contribution >= 0.6 is 0 Å². The van der Waals surface area contributed by atoms with Gasteiger partial charge in [-0.2, -0.15) is 5.10 Å². The van der Waals surface area contributed by atoms with Gasteiger partial charge in [0.2, 0.25) is 0 Å². The van der Waals surface area contributed by atoms with E-state index in [0.29, 0.717) is 13.0 Å². The van der Waals surface area contributed by atoms with Crippen LogP contribution in [0, 0.1) is 0 Å². The molecule has 2 amide bonds. The fourth-order valence-electron chi connectivity index (χ4n) is 2.97. The lowest BCUT2D eigenvalue weighted by Crippen LogP contribution is -2.48. The Labute approximate surface area is 182 Å². The molecule has 0 unspecified atom stereocenters. The zero-order valence-corrected chi connectivity index (χ0v) is 17.9. The average Bonchev–Trinajstić information content (AvgIpc) is 2.72. The van der Waals surface area contributed by atoms with Crippen LogP contribution in [0.2, 0.25) is 0 Å². The minimum Gasteiger partial charge on any atom is -0.488 e. The highest BCUT2D eigenvalue weighted by molar-refractivity contribution is 5.90. The van der Waals surface area contributed by atoms with Gasteiger partial charge in [-0.1, -0.05) is 48.5 Å². The summed E-state index contributed by atoms with van der Waals surface area (Å²) in [5.74, 6) is 0.372. The SMILES string of the molecule is CC(C)(C)OC(=O)N[C@@H](Cc1ccccc1)C(=O)NN=CC1=Cc2ccccc2OC1. The molecular weight excluding hydrogens is 394 g/mol. The third-order valence-corrected chi connectivity index (χ3v) is 4.35. The molecule has 0 spiro atoms. The van der Waals surface area contributed by atoms with Crippen molar-refractivity contribution in [2.45, 2.75) is 38.8 Å². The van der Waals surface area contributed by atoms with Gasteiger partial charge in [-0.25, -0.2) is 10.2 Å². The lowest BCUT2D eigenvalue weighted by molar-refractivity contribution is -0.123. The fourth-order valence-corrected chi connectivity index (χ4v) is 2.97. The van der Waals surface area contributed by atoms with Crippen molar-refractivity contribution in [1.82, 2.24) is 10.7 Å². The van der Waals surface area contributed by atoms with E-state index >= 15 is 0 Å². The number of hydrogen-bond acceptors (Lipinski definition) is 5. The Hall–Kier alpha value is -3.61. The number of rotatable bonds is 6. The number of hydrazone groups is 1. The summed E-state index contributed by atoms with van der Waals surface area (Å²) in [5, 5.41) is 6.68. The van der Waals surface area contributed by atoms with E-state index in [1.54, 1.807) is 27.0 Å². The largest absolute Gasteiger partial charge is 0.488 e. The van der Waals surface area contributed by atoms with E-state index in [-0.39, 0.29) is 0 Å². The minimum atomic E-state index is -0.841. The number of carbonyl (C=O) groups is 2. The van der Waals surface area contributed by atoms with E-state index in [2.05, 4.69) is 15.8 Å². The van der Waals surface area contributed by atoms with Crippen LogP contribution in [-0.2, 0) is 16.0 Å². The van der Waals surface area contributed by atoms with Crippen molar-refractivity contribution in [3.63, 3.8) is 0 Å². The Morgan fingerprint density at radius 3 is 2.58 bits per heavy atom. The number of amides is 2. The Morgan fingerprint density at radius 2 is 1.84 bits per heavy atom. The van der Waals surface area contributed by atoms with E-state index in [0.717, 1.165) is 22.4 Å². The van der Waals surface area contributed by atoms with Gasteiger partial charge in [0.1, 0.15) is 24.0 Å². The molecule has 0 radical (unpaired) electrons. The molecule has 0 saturated carbocycles. The van der Waals surface area contributed by atoms with Crippen molar-refractivity contribution >= 4 is 24.3 Å². The minimum absolute atomic E-state index is 0.306. The van der Waals surface area contributed by atoms with Crippen molar-refractivity contribution in [3.8, 4) is 5.75 Å². The first kappa shape index (κ1) is 22.1. The first-order valence-electron chi connectivity index (χ1n) is 10.1. The Morgan fingerprint density at radius 1 is 1.13 bits per heavy atom.